The summed E-state index contributed by atoms with van der Waals surface area (Å²) >= 11 is 0. The third-order valence-electron chi connectivity index (χ3n) is 3.61. The van der Waals surface area contributed by atoms with Crippen LogP contribution in [-0.4, -0.2) is 22.2 Å². The Morgan fingerprint density at radius 1 is 1.41 bits per heavy atom. The smallest absolute Gasteiger partial charge is 0.244 e. The molecule has 22 heavy (non-hydrogen) atoms. The molecule has 0 aliphatic carbocycles. The van der Waals surface area contributed by atoms with Crippen molar-refractivity contribution in [3.63, 3.8) is 0 Å². The lowest BCUT2D eigenvalue weighted by Crippen LogP contribution is -2.23. The molecule has 5 heteroatoms. The van der Waals surface area contributed by atoms with Gasteiger partial charge in [-0.3, -0.25) is 9.48 Å². The van der Waals surface area contributed by atoms with E-state index >= 15 is 0 Å². The number of halogens is 1. The highest BCUT2D eigenvalue weighted by molar-refractivity contribution is 5.91. The Kier molecular flexibility index (Phi) is 5.09. The largest absolute Gasteiger partial charge is 0.352 e. The summed E-state index contributed by atoms with van der Waals surface area (Å²) in [4.78, 5) is 11.8. The molecular weight excluding hydrogens is 281 g/mol. The molecule has 1 amide bonds. The summed E-state index contributed by atoms with van der Waals surface area (Å²) in [5, 5.41) is 7.17. The second-order valence-electron chi connectivity index (χ2n) is 5.20. The van der Waals surface area contributed by atoms with Crippen molar-refractivity contribution in [3.05, 3.63) is 58.7 Å². The summed E-state index contributed by atoms with van der Waals surface area (Å²) in [6.45, 7) is 4.52. The van der Waals surface area contributed by atoms with E-state index in [2.05, 4.69) is 10.4 Å². The van der Waals surface area contributed by atoms with Crippen LogP contribution in [0.25, 0.3) is 6.08 Å². The Morgan fingerprint density at radius 3 is 2.82 bits per heavy atom. The molecule has 0 saturated heterocycles. The van der Waals surface area contributed by atoms with Gasteiger partial charge in [-0.05, 0) is 49.6 Å². The molecule has 2 aromatic rings. The van der Waals surface area contributed by atoms with Gasteiger partial charge in [0.1, 0.15) is 5.82 Å². The summed E-state index contributed by atoms with van der Waals surface area (Å²) < 4.78 is 14.9. The second kappa shape index (κ2) is 7.02. The molecular formula is C17H20FN3O. The number of aromatic nitrogens is 2. The molecule has 0 radical (unpaired) electrons. The van der Waals surface area contributed by atoms with Crippen molar-refractivity contribution in [2.45, 2.75) is 20.3 Å². The van der Waals surface area contributed by atoms with Gasteiger partial charge in [0.2, 0.25) is 5.91 Å². The Bertz CT molecular complexity index is 704. The first-order valence-electron chi connectivity index (χ1n) is 7.18. The summed E-state index contributed by atoms with van der Waals surface area (Å²) in [7, 11) is 1.91. The Morgan fingerprint density at radius 2 is 2.18 bits per heavy atom. The quantitative estimate of drug-likeness (QED) is 0.863. The van der Waals surface area contributed by atoms with Crippen molar-refractivity contribution in [1.82, 2.24) is 15.1 Å². The highest BCUT2D eigenvalue weighted by Gasteiger charge is 2.08. The predicted octanol–water partition coefficient (Wildman–Crippen LogP) is 2.55. The first-order valence-corrected chi connectivity index (χ1v) is 7.18. The number of nitrogens with zero attached hydrogens (tertiary/aromatic N) is 2. The maximum atomic E-state index is 13.0. The van der Waals surface area contributed by atoms with Gasteiger partial charge in [0.25, 0.3) is 0 Å². The van der Waals surface area contributed by atoms with E-state index < -0.39 is 0 Å². The predicted molar refractivity (Wildman–Crippen MR) is 84.8 cm³/mol. The van der Waals surface area contributed by atoms with Crippen molar-refractivity contribution in [3.8, 4) is 0 Å². The number of benzene rings is 1. The third kappa shape index (κ3) is 4.04. The van der Waals surface area contributed by atoms with Gasteiger partial charge in [0, 0.05) is 25.4 Å². The lowest BCUT2D eigenvalue weighted by atomic mass is 10.1. The standard InChI is InChI=1S/C17H20FN3O/c1-12-16(13(2)21(3)20-12)9-10-19-17(22)8-7-14-5-4-6-15(18)11-14/h4-8,11H,9-10H2,1-3H3,(H,19,22). The zero-order chi connectivity index (χ0) is 16.1. The Labute approximate surface area is 129 Å². The van der Waals surface area contributed by atoms with E-state index in [-0.39, 0.29) is 11.7 Å². The van der Waals surface area contributed by atoms with Crippen LogP contribution in [-0.2, 0) is 18.3 Å². The highest BCUT2D eigenvalue weighted by Crippen LogP contribution is 2.11. The fraction of sp³-hybridized carbons (Fsp3) is 0.294. The molecule has 0 aliphatic rings. The minimum Gasteiger partial charge on any atom is -0.352 e. The lowest BCUT2D eigenvalue weighted by Gasteiger charge is -2.03. The molecule has 0 bridgehead atoms. The summed E-state index contributed by atoms with van der Waals surface area (Å²) in [6.07, 6.45) is 3.75. The Hall–Kier alpha value is -2.43. The molecule has 2 rings (SSSR count). The maximum absolute atomic E-state index is 13.0. The van der Waals surface area contributed by atoms with Gasteiger partial charge in [-0.1, -0.05) is 12.1 Å². The van der Waals surface area contributed by atoms with Gasteiger partial charge in [-0.2, -0.15) is 5.10 Å². The van der Waals surface area contributed by atoms with Crippen LogP contribution in [0.1, 0.15) is 22.5 Å². The molecule has 1 aromatic heterocycles. The number of rotatable bonds is 5. The van der Waals surface area contributed by atoms with Crippen molar-refractivity contribution in [1.29, 1.82) is 0 Å². The number of nitrogens with one attached hydrogen (secondary N) is 1. The van der Waals surface area contributed by atoms with Crippen molar-refractivity contribution < 1.29 is 9.18 Å². The average molecular weight is 301 g/mol. The SMILES string of the molecule is Cc1nn(C)c(C)c1CCNC(=O)C=Cc1cccc(F)c1. The van der Waals surface area contributed by atoms with Crippen molar-refractivity contribution in [2.24, 2.45) is 7.05 Å². The monoisotopic (exact) mass is 301 g/mol. The van der Waals surface area contributed by atoms with E-state index in [1.807, 2.05) is 25.6 Å². The minimum atomic E-state index is -0.315. The fourth-order valence-electron chi connectivity index (χ4n) is 2.33. The molecule has 0 saturated carbocycles. The molecule has 1 N–H and O–H groups in total. The number of carbonyl (C=O) groups is 1. The third-order valence-corrected chi connectivity index (χ3v) is 3.61. The fourth-order valence-corrected chi connectivity index (χ4v) is 2.33. The molecule has 1 aromatic carbocycles. The first-order chi connectivity index (χ1) is 10.5. The van der Waals surface area contributed by atoms with E-state index in [0.717, 1.165) is 23.4 Å². The molecule has 1 heterocycles. The normalized spacial score (nSPS) is 11.1. The molecule has 0 unspecified atom stereocenters. The van der Waals surface area contributed by atoms with Gasteiger partial charge in [-0.15, -0.1) is 0 Å². The van der Waals surface area contributed by atoms with Gasteiger partial charge in [0.15, 0.2) is 0 Å². The topological polar surface area (TPSA) is 46.9 Å². The van der Waals surface area contributed by atoms with Crippen LogP contribution in [0.2, 0.25) is 0 Å². The van der Waals surface area contributed by atoms with E-state index in [1.54, 1.807) is 18.2 Å². The summed E-state index contributed by atoms with van der Waals surface area (Å²) in [5.74, 6) is -0.506. The van der Waals surface area contributed by atoms with Crippen LogP contribution in [0.4, 0.5) is 4.39 Å². The van der Waals surface area contributed by atoms with E-state index in [1.165, 1.54) is 18.2 Å². The minimum absolute atomic E-state index is 0.191. The van der Waals surface area contributed by atoms with Gasteiger partial charge < -0.3 is 5.32 Å². The molecule has 0 atom stereocenters. The van der Waals surface area contributed by atoms with E-state index in [9.17, 15) is 9.18 Å². The number of amides is 1. The van der Waals surface area contributed by atoms with Crippen LogP contribution < -0.4 is 5.32 Å². The van der Waals surface area contributed by atoms with Crippen LogP contribution in [0.5, 0.6) is 0 Å². The van der Waals surface area contributed by atoms with Gasteiger partial charge in [-0.25, -0.2) is 4.39 Å². The highest BCUT2D eigenvalue weighted by atomic mass is 19.1. The summed E-state index contributed by atoms with van der Waals surface area (Å²) in [6, 6.07) is 6.11. The van der Waals surface area contributed by atoms with Crippen molar-refractivity contribution in [2.75, 3.05) is 6.54 Å². The van der Waals surface area contributed by atoms with Crippen LogP contribution >= 0.6 is 0 Å². The molecule has 0 fully saturated rings. The van der Waals surface area contributed by atoms with Crippen LogP contribution in [0.15, 0.2) is 30.3 Å². The molecule has 0 spiro atoms. The van der Waals surface area contributed by atoms with Gasteiger partial charge >= 0.3 is 0 Å². The zero-order valence-electron chi connectivity index (χ0n) is 13.1. The van der Waals surface area contributed by atoms with Gasteiger partial charge in [0.05, 0.1) is 5.69 Å². The summed E-state index contributed by atoms with van der Waals surface area (Å²) in [5.41, 5.74) is 3.93. The number of aryl methyl sites for hydroxylation is 2. The Balaban J connectivity index is 1.85. The molecule has 0 aliphatic heterocycles. The maximum Gasteiger partial charge on any atom is 0.244 e. The number of carbonyl (C=O) groups excluding carboxylic acids is 1. The van der Waals surface area contributed by atoms with Crippen molar-refractivity contribution >= 4 is 12.0 Å². The van der Waals surface area contributed by atoms with Crippen LogP contribution in [0.3, 0.4) is 0 Å². The average Bonchev–Trinajstić information content (AvgIpc) is 2.71. The first kappa shape index (κ1) is 15.9. The van der Waals surface area contributed by atoms with Crippen LogP contribution in [0, 0.1) is 19.7 Å². The zero-order valence-corrected chi connectivity index (χ0v) is 13.1. The lowest BCUT2D eigenvalue weighted by molar-refractivity contribution is -0.116. The second-order valence-corrected chi connectivity index (χ2v) is 5.20. The van der Waals surface area contributed by atoms with E-state index in [4.69, 9.17) is 0 Å². The molecule has 116 valence electrons. The number of hydrogen-bond donors (Lipinski definition) is 1. The molecule has 4 nitrogen and oxygen atoms in total. The number of hydrogen-bond acceptors (Lipinski definition) is 2. The van der Waals surface area contributed by atoms with E-state index in [0.29, 0.717) is 12.1 Å².